The smallest absolute Gasteiger partial charge is 0.0899 e. The Kier molecular flexibility index (Phi) is 6.21. The lowest BCUT2D eigenvalue weighted by molar-refractivity contribution is 0.157. The Morgan fingerprint density at radius 2 is 0.900 bits per heavy atom. The van der Waals surface area contributed by atoms with Crippen LogP contribution in [-0.4, -0.2) is 34.0 Å². The van der Waals surface area contributed by atoms with Crippen LogP contribution in [-0.2, 0) is 0 Å². The molecular weight excluding hydrogens is 248 g/mol. The van der Waals surface area contributed by atoms with Crippen LogP contribution >= 0.6 is 0 Å². The fraction of sp³-hybridized carbons (Fsp3) is 0.882. The summed E-state index contributed by atoms with van der Waals surface area (Å²) < 4.78 is 0. The third-order valence-corrected chi connectivity index (χ3v) is 5.36. The monoisotopic (exact) mass is 280 g/mol. The molecule has 2 N–H and O–H groups in total. The van der Waals surface area contributed by atoms with Crippen molar-refractivity contribution >= 4 is 0 Å². The fourth-order valence-corrected chi connectivity index (χ4v) is 4.11. The van der Waals surface area contributed by atoms with Gasteiger partial charge in [0.05, 0.1) is 6.67 Å². The molecule has 1 heterocycles. The van der Waals surface area contributed by atoms with Gasteiger partial charge in [0.1, 0.15) is 0 Å². The van der Waals surface area contributed by atoms with Crippen LogP contribution in [0.5, 0.6) is 0 Å². The summed E-state index contributed by atoms with van der Waals surface area (Å²) >= 11 is 0. The maximum absolute atomic E-state index is 2.64. The zero-order valence-electron chi connectivity index (χ0n) is 12.9. The molecule has 0 unspecified atom stereocenters. The molecule has 0 radical (unpaired) electrons. The Labute approximate surface area is 124 Å². The van der Waals surface area contributed by atoms with Crippen LogP contribution < -0.4 is 0 Å². The van der Waals surface area contributed by atoms with Gasteiger partial charge < -0.3 is 15.3 Å². The van der Waals surface area contributed by atoms with E-state index in [1.165, 1.54) is 83.7 Å². The first-order chi connectivity index (χ1) is 9.43. The van der Waals surface area contributed by atoms with Crippen molar-refractivity contribution in [2.75, 3.05) is 6.67 Å². The van der Waals surface area contributed by atoms with Crippen molar-refractivity contribution in [3.63, 3.8) is 0 Å². The minimum absolute atomic E-state index is 0. The second-order valence-electron chi connectivity index (χ2n) is 6.76. The normalized spacial score (nSPS) is 26.2. The molecule has 3 aliphatic rings. The van der Waals surface area contributed by atoms with Crippen molar-refractivity contribution in [3.8, 4) is 0 Å². The Hall–Kier alpha value is -0.700. The van der Waals surface area contributed by atoms with E-state index >= 15 is 0 Å². The third kappa shape index (κ3) is 3.91. The predicted molar refractivity (Wildman–Crippen MR) is 84.3 cm³/mol. The lowest BCUT2D eigenvalue weighted by Gasteiger charge is -2.32. The molecule has 3 heteroatoms. The fourth-order valence-electron chi connectivity index (χ4n) is 4.11. The van der Waals surface area contributed by atoms with Crippen molar-refractivity contribution in [1.82, 2.24) is 9.80 Å². The molecule has 3 nitrogen and oxygen atoms in total. The molecule has 0 spiro atoms. The Morgan fingerprint density at radius 1 is 0.550 bits per heavy atom. The van der Waals surface area contributed by atoms with Gasteiger partial charge in [-0.05, 0) is 25.7 Å². The molecule has 0 aromatic heterocycles. The van der Waals surface area contributed by atoms with Crippen LogP contribution in [0.2, 0.25) is 0 Å². The van der Waals surface area contributed by atoms with Crippen molar-refractivity contribution in [3.05, 3.63) is 12.4 Å². The van der Waals surface area contributed by atoms with Crippen LogP contribution in [0, 0.1) is 0 Å². The van der Waals surface area contributed by atoms with Crippen LogP contribution in [0.15, 0.2) is 12.4 Å². The Balaban J connectivity index is 0.00000147. The van der Waals surface area contributed by atoms with Crippen LogP contribution in [0.1, 0.15) is 77.0 Å². The van der Waals surface area contributed by atoms with Gasteiger partial charge in [0.25, 0.3) is 0 Å². The van der Waals surface area contributed by atoms with Gasteiger partial charge in [-0.3, -0.25) is 0 Å². The molecule has 116 valence electrons. The lowest BCUT2D eigenvalue weighted by Crippen LogP contribution is -2.38. The molecule has 0 saturated heterocycles. The van der Waals surface area contributed by atoms with E-state index in [1.54, 1.807) is 0 Å². The van der Waals surface area contributed by atoms with Crippen molar-refractivity contribution in [1.29, 1.82) is 0 Å². The molecule has 0 aromatic rings. The molecule has 2 saturated carbocycles. The largest absolute Gasteiger partial charge is 0.412 e. The van der Waals surface area contributed by atoms with Crippen molar-refractivity contribution in [2.24, 2.45) is 0 Å². The number of hydrogen-bond donors (Lipinski definition) is 0. The molecule has 3 rings (SSSR count). The van der Waals surface area contributed by atoms with Crippen molar-refractivity contribution < 1.29 is 5.48 Å². The first kappa shape index (κ1) is 15.7. The van der Waals surface area contributed by atoms with Crippen LogP contribution in [0.4, 0.5) is 0 Å². The molecule has 1 aliphatic heterocycles. The highest BCUT2D eigenvalue weighted by Gasteiger charge is 2.26. The zero-order valence-corrected chi connectivity index (χ0v) is 12.9. The molecule has 0 bridgehead atoms. The first-order valence-corrected chi connectivity index (χ1v) is 8.63. The van der Waals surface area contributed by atoms with Gasteiger partial charge in [0.2, 0.25) is 0 Å². The molecule has 2 aliphatic carbocycles. The van der Waals surface area contributed by atoms with E-state index < -0.39 is 0 Å². The van der Waals surface area contributed by atoms with Crippen LogP contribution in [0.25, 0.3) is 0 Å². The quantitative estimate of drug-likeness (QED) is 0.724. The van der Waals surface area contributed by atoms with Gasteiger partial charge >= 0.3 is 0 Å². The molecular formula is C17H32N2O. The number of nitrogens with zero attached hydrogens (tertiary/aromatic N) is 2. The highest BCUT2D eigenvalue weighted by atomic mass is 16.0. The van der Waals surface area contributed by atoms with E-state index in [4.69, 9.17) is 0 Å². The zero-order chi connectivity index (χ0) is 12.9. The highest BCUT2D eigenvalue weighted by Crippen LogP contribution is 2.28. The maximum atomic E-state index is 2.64. The van der Waals surface area contributed by atoms with E-state index in [1.807, 2.05) is 0 Å². The van der Waals surface area contributed by atoms with E-state index in [9.17, 15) is 0 Å². The average molecular weight is 280 g/mol. The van der Waals surface area contributed by atoms with Crippen LogP contribution in [0.3, 0.4) is 0 Å². The lowest BCUT2D eigenvalue weighted by atomic mass is 10.1. The van der Waals surface area contributed by atoms with Gasteiger partial charge in [-0.15, -0.1) is 0 Å². The topological polar surface area (TPSA) is 38.0 Å². The minimum Gasteiger partial charge on any atom is -0.412 e. The maximum Gasteiger partial charge on any atom is 0.0899 e. The average Bonchev–Trinajstić information content (AvgIpc) is 2.67. The summed E-state index contributed by atoms with van der Waals surface area (Å²) in [5, 5.41) is 0. The van der Waals surface area contributed by atoms with E-state index in [-0.39, 0.29) is 5.48 Å². The summed E-state index contributed by atoms with van der Waals surface area (Å²) in [6.07, 6.45) is 22.1. The van der Waals surface area contributed by atoms with E-state index in [0.29, 0.717) is 0 Å². The van der Waals surface area contributed by atoms with Gasteiger partial charge in [0.15, 0.2) is 0 Å². The van der Waals surface area contributed by atoms with E-state index in [2.05, 4.69) is 22.2 Å². The second kappa shape index (κ2) is 7.92. The predicted octanol–water partition coefficient (Wildman–Crippen LogP) is 3.65. The molecule has 2 fully saturated rings. The van der Waals surface area contributed by atoms with Gasteiger partial charge in [0, 0.05) is 24.5 Å². The second-order valence-corrected chi connectivity index (χ2v) is 6.76. The SMILES string of the molecule is C1=CN(C2CCCCCC2)CN1C1CCCCCC1.O. The number of rotatable bonds is 2. The Bertz CT molecular complexity index is 261. The first-order valence-electron chi connectivity index (χ1n) is 8.63. The summed E-state index contributed by atoms with van der Waals surface area (Å²) in [6, 6.07) is 1.66. The molecule has 0 aromatic carbocycles. The molecule has 20 heavy (non-hydrogen) atoms. The Morgan fingerprint density at radius 3 is 1.25 bits per heavy atom. The highest BCUT2D eigenvalue weighted by molar-refractivity contribution is 4.97. The molecule has 0 amide bonds. The summed E-state index contributed by atoms with van der Waals surface area (Å²) in [6.45, 7) is 1.18. The summed E-state index contributed by atoms with van der Waals surface area (Å²) in [5.74, 6) is 0. The standard InChI is InChI=1S/C17H30N2.H2O/c1-2-6-10-16(9-5-1)18-13-14-19(15-18)17-11-7-3-4-8-12-17;/h13-14,16-17H,1-12,15H2;1H2. The van der Waals surface area contributed by atoms with E-state index in [0.717, 1.165) is 12.1 Å². The summed E-state index contributed by atoms with van der Waals surface area (Å²) in [4.78, 5) is 5.27. The third-order valence-electron chi connectivity index (χ3n) is 5.36. The minimum atomic E-state index is 0. The van der Waals surface area contributed by atoms with Crippen molar-refractivity contribution in [2.45, 2.75) is 89.1 Å². The number of hydrogen-bond acceptors (Lipinski definition) is 2. The summed E-state index contributed by atoms with van der Waals surface area (Å²) in [5.41, 5.74) is 0. The van der Waals surface area contributed by atoms with Gasteiger partial charge in [-0.25, -0.2) is 0 Å². The summed E-state index contributed by atoms with van der Waals surface area (Å²) in [7, 11) is 0. The van der Waals surface area contributed by atoms with Gasteiger partial charge in [-0.1, -0.05) is 51.4 Å². The molecule has 0 atom stereocenters. The van der Waals surface area contributed by atoms with Gasteiger partial charge in [-0.2, -0.15) is 0 Å².